The lowest BCUT2D eigenvalue weighted by Gasteiger charge is -2.24. The van der Waals surface area contributed by atoms with Crippen LogP contribution in [0.4, 0.5) is 4.79 Å². The molecule has 0 aromatic carbocycles. The third kappa shape index (κ3) is 8.55. The molecule has 0 aromatic heterocycles. The number of amides is 2. The van der Waals surface area contributed by atoms with Crippen LogP contribution >= 0.6 is 0 Å². The van der Waals surface area contributed by atoms with E-state index in [1.54, 1.807) is 0 Å². The molecule has 2 amide bonds. The molecule has 122 valence electrons. The molecular weight excluding hydrogens is 270 g/mol. The monoisotopic (exact) mass is 299 g/mol. The quantitative estimate of drug-likeness (QED) is 0.508. The van der Waals surface area contributed by atoms with Crippen LogP contribution in [0.5, 0.6) is 0 Å². The van der Waals surface area contributed by atoms with Gasteiger partial charge in [-0.15, -0.1) is 0 Å². The predicted molar refractivity (Wildman–Crippen MR) is 82.4 cm³/mol. The first-order valence-electron chi connectivity index (χ1n) is 7.96. The molecule has 1 atom stereocenters. The Morgan fingerprint density at radius 3 is 2.48 bits per heavy atom. The number of aliphatic carboxylic acids is 1. The normalized spacial score (nSPS) is 15.8. The Labute approximate surface area is 127 Å². The zero-order valence-electron chi connectivity index (χ0n) is 13.2. The second-order valence-corrected chi connectivity index (χ2v) is 5.94. The van der Waals surface area contributed by atoms with Crippen LogP contribution < -0.4 is 10.6 Å². The summed E-state index contributed by atoms with van der Waals surface area (Å²) in [6.07, 6.45) is 6.24. The predicted octanol–water partition coefficient (Wildman–Crippen LogP) is 1.80. The maximum Gasteiger partial charge on any atom is 0.314 e. The Morgan fingerprint density at radius 1 is 1.19 bits per heavy atom. The number of urea groups is 1. The van der Waals surface area contributed by atoms with Crippen molar-refractivity contribution in [2.24, 2.45) is 0 Å². The van der Waals surface area contributed by atoms with Crippen molar-refractivity contribution in [3.05, 3.63) is 0 Å². The third-order valence-corrected chi connectivity index (χ3v) is 3.98. The topological polar surface area (TPSA) is 81.7 Å². The molecule has 1 aliphatic carbocycles. The summed E-state index contributed by atoms with van der Waals surface area (Å²) in [6, 6.07) is 0.950. The van der Waals surface area contributed by atoms with E-state index < -0.39 is 5.97 Å². The molecule has 0 aromatic rings. The summed E-state index contributed by atoms with van der Waals surface area (Å²) in [5, 5.41) is 14.2. The first kappa shape index (κ1) is 17.8. The molecule has 0 aliphatic heterocycles. The fraction of sp³-hybridized carbons (Fsp3) is 0.867. The van der Waals surface area contributed by atoms with Crippen LogP contribution in [-0.2, 0) is 4.79 Å². The Balaban J connectivity index is 1.92. The van der Waals surface area contributed by atoms with Crippen LogP contribution in [-0.4, -0.2) is 54.2 Å². The molecule has 1 saturated carbocycles. The van der Waals surface area contributed by atoms with E-state index in [4.69, 9.17) is 5.11 Å². The van der Waals surface area contributed by atoms with Gasteiger partial charge in [-0.3, -0.25) is 9.69 Å². The van der Waals surface area contributed by atoms with Gasteiger partial charge in [0.05, 0.1) is 0 Å². The van der Waals surface area contributed by atoms with E-state index in [1.807, 2.05) is 0 Å². The average molecular weight is 299 g/mol. The molecule has 0 radical (unpaired) electrons. The Morgan fingerprint density at radius 2 is 1.86 bits per heavy atom. The van der Waals surface area contributed by atoms with Crippen molar-refractivity contribution in [3.8, 4) is 0 Å². The number of hydrogen-bond acceptors (Lipinski definition) is 3. The molecule has 21 heavy (non-hydrogen) atoms. The number of unbranched alkanes of at least 4 members (excludes halogenated alkanes) is 3. The molecule has 1 aliphatic rings. The smallest absolute Gasteiger partial charge is 0.314 e. The van der Waals surface area contributed by atoms with Crippen molar-refractivity contribution in [3.63, 3.8) is 0 Å². The molecule has 0 heterocycles. The highest BCUT2D eigenvalue weighted by atomic mass is 16.4. The lowest BCUT2D eigenvalue weighted by molar-refractivity contribution is -0.137. The van der Waals surface area contributed by atoms with Gasteiger partial charge < -0.3 is 15.7 Å². The van der Waals surface area contributed by atoms with Gasteiger partial charge in [-0.25, -0.2) is 4.79 Å². The van der Waals surface area contributed by atoms with E-state index in [1.165, 1.54) is 12.8 Å². The summed E-state index contributed by atoms with van der Waals surface area (Å²) < 4.78 is 0. The summed E-state index contributed by atoms with van der Waals surface area (Å²) >= 11 is 0. The molecule has 1 unspecified atom stereocenters. The lowest BCUT2D eigenvalue weighted by Crippen LogP contribution is -2.44. The first-order valence-corrected chi connectivity index (χ1v) is 7.96. The van der Waals surface area contributed by atoms with Crippen molar-refractivity contribution in [2.75, 3.05) is 20.1 Å². The molecule has 1 rings (SSSR count). The molecule has 3 N–H and O–H groups in total. The maximum absolute atomic E-state index is 11.6. The summed E-state index contributed by atoms with van der Waals surface area (Å²) in [7, 11) is 2.11. The van der Waals surface area contributed by atoms with Gasteiger partial charge in [0, 0.05) is 31.6 Å². The van der Waals surface area contributed by atoms with Crippen molar-refractivity contribution >= 4 is 12.0 Å². The van der Waals surface area contributed by atoms with E-state index in [0.717, 1.165) is 19.3 Å². The standard InChI is InChI=1S/C15H29N3O3/c1-12(18(2)13-8-9-13)11-17-15(21)16-10-6-4-3-5-7-14(19)20/h12-13H,3-11H2,1-2H3,(H,19,20)(H2,16,17,21). The van der Waals surface area contributed by atoms with Gasteiger partial charge in [-0.1, -0.05) is 12.8 Å². The second-order valence-electron chi connectivity index (χ2n) is 5.94. The third-order valence-electron chi connectivity index (χ3n) is 3.98. The van der Waals surface area contributed by atoms with Crippen LogP contribution in [0.15, 0.2) is 0 Å². The first-order chi connectivity index (χ1) is 10.0. The Kier molecular flexibility index (Phi) is 8.12. The van der Waals surface area contributed by atoms with Gasteiger partial charge in [0.2, 0.25) is 0 Å². The van der Waals surface area contributed by atoms with Crippen molar-refractivity contribution in [1.82, 2.24) is 15.5 Å². The lowest BCUT2D eigenvalue weighted by atomic mass is 10.1. The molecule has 0 spiro atoms. The minimum atomic E-state index is -0.738. The summed E-state index contributed by atoms with van der Waals surface area (Å²) in [6.45, 7) is 3.43. The SMILES string of the molecule is CC(CNC(=O)NCCCCCCC(=O)O)N(C)C1CC1. The van der Waals surface area contributed by atoms with Gasteiger partial charge in [0.15, 0.2) is 0 Å². The fourth-order valence-corrected chi connectivity index (χ4v) is 2.25. The molecule has 0 saturated heterocycles. The number of nitrogens with one attached hydrogen (secondary N) is 2. The van der Waals surface area contributed by atoms with E-state index in [9.17, 15) is 9.59 Å². The largest absolute Gasteiger partial charge is 0.481 e. The van der Waals surface area contributed by atoms with E-state index >= 15 is 0 Å². The van der Waals surface area contributed by atoms with E-state index in [-0.39, 0.29) is 12.5 Å². The van der Waals surface area contributed by atoms with Gasteiger partial charge in [0.25, 0.3) is 0 Å². The average Bonchev–Trinajstić information content (AvgIpc) is 3.27. The van der Waals surface area contributed by atoms with Gasteiger partial charge in [-0.05, 0) is 39.7 Å². The number of carbonyl (C=O) groups is 2. The highest BCUT2D eigenvalue weighted by molar-refractivity contribution is 5.73. The number of carboxylic acid groups (broad SMARTS) is 1. The highest BCUT2D eigenvalue weighted by Gasteiger charge is 2.28. The van der Waals surface area contributed by atoms with Crippen LogP contribution in [0.25, 0.3) is 0 Å². The molecular formula is C15H29N3O3. The highest BCUT2D eigenvalue weighted by Crippen LogP contribution is 2.26. The van der Waals surface area contributed by atoms with Crippen LogP contribution in [0, 0.1) is 0 Å². The van der Waals surface area contributed by atoms with Gasteiger partial charge in [0.1, 0.15) is 0 Å². The summed E-state index contributed by atoms with van der Waals surface area (Å²) in [5.41, 5.74) is 0. The van der Waals surface area contributed by atoms with Crippen LogP contribution in [0.3, 0.4) is 0 Å². The van der Waals surface area contributed by atoms with Gasteiger partial charge in [-0.2, -0.15) is 0 Å². The fourth-order valence-electron chi connectivity index (χ4n) is 2.25. The van der Waals surface area contributed by atoms with Crippen molar-refractivity contribution in [2.45, 2.75) is 64.0 Å². The van der Waals surface area contributed by atoms with E-state index in [2.05, 4.69) is 29.5 Å². The van der Waals surface area contributed by atoms with Crippen LogP contribution in [0.1, 0.15) is 51.9 Å². The van der Waals surface area contributed by atoms with Crippen molar-refractivity contribution in [1.29, 1.82) is 0 Å². The Bertz CT molecular complexity index is 332. The Hall–Kier alpha value is -1.30. The molecule has 1 fully saturated rings. The zero-order chi connectivity index (χ0) is 15.7. The number of carboxylic acids is 1. The summed E-state index contributed by atoms with van der Waals surface area (Å²) in [4.78, 5) is 24.3. The van der Waals surface area contributed by atoms with Crippen LogP contribution in [0.2, 0.25) is 0 Å². The number of carbonyl (C=O) groups excluding carboxylic acids is 1. The number of rotatable bonds is 11. The zero-order valence-corrected chi connectivity index (χ0v) is 13.2. The number of nitrogens with zero attached hydrogens (tertiary/aromatic N) is 1. The minimum Gasteiger partial charge on any atom is -0.481 e. The maximum atomic E-state index is 11.6. The molecule has 6 nitrogen and oxygen atoms in total. The summed E-state index contributed by atoms with van der Waals surface area (Å²) in [5.74, 6) is -0.738. The number of hydrogen-bond donors (Lipinski definition) is 3. The molecule has 0 bridgehead atoms. The van der Waals surface area contributed by atoms with Gasteiger partial charge >= 0.3 is 12.0 Å². The van der Waals surface area contributed by atoms with E-state index in [0.29, 0.717) is 31.6 Å². The molecule has 6 heteroatoms. The number of likely N-dealkylation sites (N-methyl/N-ethyl adjacent to an activating group) is 1. The minimum absolute atomic E-state index is 0.114. The van der Waals surface area contributed by atoms with Crippen molar-refractivity contribution < 1.29 is 14.7 Å². The second kappa shape index (κ2) is 9.60.